The number of aromatic nitrogens is 1. The van der Waals surface area contributed by atoms with E-state index in [2.05, 4.69) is 59.7 Å². The topological polar surface area (TPSA) is 51.2 Å². The molecule has 0 unspecified atom stereocenters. The molecule has 0 saturated carbocycles. The number of thiazole rings is 1. The van der Waals surface area contributed by atoms with E-state index >= 15 is 0 Å². The van der Waals surface area contributed by atoms with E-state index in [0.29, 0.717) is 11.7 Å². The molecule has 1 amide bonds. The molecule has 0 spiro atoms. The van der Waals surface area contributed by atoms with Crippen molar-refractivity contribution in [1.82, 2.24) is 4.98 Å². The smallest absolute Gasteiger partial charge is 0.250 e. The highest BCUT2D eigenvalue weighted by Gasteiger charge is 2.12. The first-order valence-corrected chi connectivity index (χ1v) is 12.9. The van der Waals surface area contributed by atoms with E-state index in [1.54, 1.807) is 6.08 Å². The lowest BCUT2D eigenvalue weighted by molar-refractivity contribution is -0.111. The van der Waals surface area contributed by atoms with Gasteiger partial charge in [-0.2, -0.15) is 0 Å². The monoisotopic (exact) mass is 480 g/mol. The van der Waals surface area contributed by atoms with Crippen molar-refractivity contribution in [2.24, 2.45) is 0 Å². The van der Waals surface area contributed by atoms with Crippen LogP contribution < -0.4 is 10.1 Å². The molecular formula is C30H28N2O2S. The quantitative estimate of drug-likeness (QED) is 0.284. The lowest BCUT2D eigenvalue weighted by atomic mass is 9.90. The Morgan fingerprint density at radius 1 is 1.00 bits per heavy atom. The fourth-order valence-corrected chi connectivity index (χ4v) is 4.92. The predicted molar refractivity (Wildman–Crippen MR) is 144 cm³/mol. The van der Waals surface area contributed by atoms with Crippen LogP contribution in [0.5, 0.6) is 5.75 Å². The highest BCUT2D eigenvalue weighted by molar-refractivity contribution is 7.14. The van der Waals surface area contributed by atoms with E-state index in [9.17, 15) is 4.79 Å². The highest BCUT2D eigenvalue weighted by atomic mass is 32.1. The van der Waals surface area contributed by atoms with Gasteiger partial charge in [0.25, 0.3) is 0 Å². The summed E-state index contributed by atoms with van der Waals surface area (Å²) in [5.74, 6) is 0.598. The van der Waals surface area contributed by atoms with E-state index in [4.69, 9.17) is 4.74 Å². The molecule has 1 N–H and O–H groups in total. The van der Waals surface area contributed by atoms with Crippen LogP contribution >= 0.6 is 11.3 Å². The Bertz CT molecular complexity index is 1340. The van der Waals surface area contributed by atoms with E-state index in [0.717, 1.165) is 34.6 Å². The van der Waals surface area contributed by atoms with E-state index in [1.807, 2.05) is 29.6 Å². The third-order valence-corrected chi connectivity index (χ3v) is 6.97. The molecule has 5 rings (SSSR count). The van der Waals surface area contributed by atoms with Gasteiger partial charge in [-0.1, -0.05) is 54.1 Å². The van der Waals surface area contributed by atoms with Crippen molar-refractivity contribution in [2.45, 2.75) is 39.2 Å². The molecule has 0 radical (unpaired) electrons. The summed E-state index contributed by atoms with van der Waals surface area (Å²) in [6.45, 7) is 2.60. The predicted octanol–water partition coefficient (Wildman–Crippen LogP) is 7.23. The van der Waals surface area contributed by atoms with Crippen molar-refractivity contribution in [3.8, 4) is 17.0 Å². The van der Waals surface area contributed by atoms with E-state index in [-0.39, 0.29) is 5.91 Å². The Labute approximate surface area is 210 Å². The minimum atomic E-state index is -0.198. The van der Waals surface area contributed by atoms with Gasteiger partial charge >= 0.3 is 0 Å². The summed E-state index contributed by atoms with van der Waals surface area (Å²) < 4.78 is 5.85. The molecule has 1 aliphatic carbocycles. The molecule has 4 nitrogen and oxygen atoms in total. The molecule has 1 aliphatic rings. The van der Waals surface area contributed by atoms with Gasteiger partial charge in [0.15, 0.2) is 5.13 Å². The fourth-order valence-electron chi connectivity index (χ4n) is 4.20. The molecule has 3 aromatic carbocycles. The van der Waals surface area contributed by atoms with Gasteiger partial charge in [-0.15, -0.1) is 11.3 Å². The van der Waals surface area contributed by atoms with Gasteiger partial charge in [0, 0.05) is 17.0 Å². The second-order valence-corrected chi connectivity index (χ2v) is 9.75. The van der Waals surface area contributed by atoms with Crippen molar-refractivity contribution in [3.63, 3.8) is 0 Å². The lowest BCUT2D eigenvalue weighted by Gasteiger charge is -2.16. The van der Waals surface area contributed by atoms with Gasteiger partial charge < -0.3 is 4.74 Å². The van der Waals surface area contributed by atoms with Crippen LogP contribution in [0.2, 0.25) is 0 Å². The van der Waals surface area contributed by atoms with Crippen molar-refractivity contribution >= 4 is 28.5 Å². The van der Waals surface area contributed by atoms with Gasteiger partial charge in [-0.25, -0.2) is 4.98 Å². The molecule has 0 bridgehead atoms. The number of rotatable bonds is 7. The SMILES string of the molecule is Cc1ccc(COc2ccc(/C=C/C(=O)Nc3nc(-c4ccc5c(c4)CCCC5)cs3)cc2)cc1. The zero-order valence-corrected chi connectivity index (χ0v) is 20.6. The van der Waals surface area contributed by atoms with Crippen LogP contribution in [-0.2, 0) is 24.2 Å². The average molecular weight is 481 g/mol. The third-order valence-electron chi connectivity index (χ3n) is 6.21. The molecule has 0 saturated heterocycles. The first kappa shape index (κ1) is 23.1. The number of hydrogen-bond donors (Lipinski definition) is 1. The van der Waals surface area contributed by atoms with Gasteiger partial charge in [-0.3, -0.25) is 10.1 Å². The minimum absolute atomic E-state index is 0.198. The van der Waals surface area contributed by atoms with Gasteiger partial charge in [-0.05, 0) is 79.1 Å². The number of ether oxygens (including phenoxy) is 1. The Balaban J connectivity index is 1.15. The Kier molecular flexibility index (Phi) is 7.05. The van der Waals surface area contributed by atoms with Crippen molar-refractivity contribution in [3.05, 3.63) is 106 Å². The van der Waals surface area contributed by atoms with E-state index in [1.165, 1.54) is 53.4 Å². The second-order valence-electron chi connectivity index (χ2n) is 8.89. The summed E-state index contributed by atoms with van der Waals surface area (Å²) in [5, 5.41) is 5.48. The van der Waals surface area contributed by atoms with E-state index < -0.39 is 0 Å². The highest BCUT2D eigenvalue weighted by Crippen LogP contribution is 2.29. The fraction of sp³-hybridized carbons (Fsp3) is 0.200. The summed E-state index contributed by atoms with van der Waals surface area (Å²) in [7, 11) is 0. The van der Waals surface area contributed by atoms with Crippen LogP contribution in [0.3, 0.4) is 0 Å². The number of nitrogens with zero attached hydrogens (tertiary/aromatic N) is 1. The Hall–Kier alpha value is -3.70. The van der Waals surface area contributed by atoms with Crippen LogP contribution in [-0.4, -0.2) is 10.9 Å². The number of nitrogens with one attached hydrogen (secondary N) is 1. The molecule has 4 aromatic rings. The molecule has 176 valence electrons. The van der Waals surface area contributed by atoms with Crippen molar-refractivity contribution in [1.29, 1.82) is 0 Å². The number of anilines is 1. The maximum absolute atomic E-state index is 12.4. The first-order valence-electron chi connectivity index (χ1n) is 12.0. The number of aryl methyl sites for hydroxylation is 3. The number of carbonyl (C=O) groups excluding carboxylic acids is 1. The Morgan fingerprint density at radius 2 is 1.77 bits per heavy atom. The molecule has 35 heavy (non-hydrogen) atoms. The van der Waals surface area contributed by atoms with Crippen LogP contribution in [0.25, 0.3) is 17.3 Å². The van der Waals surface area contributed by atoms with Gasteiger partial charge in [0.2, 0.25) is 5.91 Å². The summed E-state index contributed by atoms with van der Waals surface area (Å²) >= 11 is 1.44. The largest absolute Gasteiger partial charge is 0.489 e. The summed E-state index contributed by atoms with van der Waals surface area (Å²) in [4.78, 5) is 17.0. The standard InChI is InChI=1S/C30H28N2O2S/c1-21-6-8-23(9-7-21)19-34-27-15-10-22(11-16-27)12-17-29(33)32-30-31-28(20-35-30)26-14-13-24-4-2-3-5-25(24)18-26/h6-18,20H,2-5,19H2,1H3,(H,31,32,33)/b17-12+. The maximum Gasteiger partial charge on any atom is 0.250 e. The summed E-state index contributed by atoms with van der Waals surface area (Å²) in [6.07, 6.45) is 8.16. The third kappa shape index (κ3) is 6.06. The zero-order chi connectivity index (χ0) is 24.0. The number of carbonyl (C=O) groups is 1. The first-order chi connectivity index (χ1) is 17.1. The van der Waals surface area contributed by atoms with Crippen molar-refractivity contribution < 1.29 is 9.53 Å². The average Bonchev–Trinajstić information content (AvgIpc) is 3.36. The molecule has 1 aromatic heterocycles. The van der Waals surface area contributed by atoms with Crippen LogP contribution in [0.4, 0.5) is 5.13 Å². The normalized spacial score (nSPS) is 12.9. The summed E-state index contributed by atoms with van der Waals surface area (Å²) in [5.41, 5.74) is 8.21. The molecule has 0 aliphatic heterocycles. The summed E-state index contributed by atoms with van der Waals surface area (Å²) in [6, 6.07) is 22.6. The molecule has 5 heteroatoms. The van der Waals surface area contributed by atoms with Crippen LogP contribution in [0, 0.1) is 6.92 Å². The number of amides is 1. The maximum atomic E-state index is 12.4. The molecule has 1 heterocycles. The number of benzene rings is 3. The zero-order valence-electron chi connectivity index (χ0n) is 19.8. The second kappa shape index (κ2) is 10.7. The van der Waals surface area contributed by atoms with Gasteiger partial charge in [0.05, 0.1) is 5.69 Å². The molecule has 0 fully saturated rings. The number of hydrogen-bond acceptors (Lipinski definition) is 4. The lowest BCUT2D eigenvalue weighted by Crippen LogP contribution is -2.07. The molecule has 0 atom stereocenters. The van der Waals surface area contributed by atoms with Crippen LogP contribution in [0.15, 0.2) is 78.2 Å². The van der Waals surface area contributed by atoms with Crippen molar-refractivity contribution in [2.75, 3.05) is 5.32 Å². The minimum Gasteiger partial charge on any atom is -0.489 e. The number of fused-ring (bicyclic) bond motifs is 1. The Morgan fingerprint density at radius 3 is 2.57 bits per heavy atom. The van der Waals surface area contributed by atoms with Crippen LogP contribution in [0.1, 0.15) is 40.7 Å². The molecular weight excluding hydrogens is 452 g/mol. The van der Waals surface area contributed by atoms with Gasteiger partial charge in [0.1, 0.15) is 12.4 Å².